The van der Waals surface area contributed by atoms with Crippen LogP contribution in [0.25, 0.3) is 5.69 Å². The fourth-order valence-corrected chi connectivity index (χ4v) is 2.12. The molecule has 3 aromatic rings. The fraction of sp³-hybridized carbons (Fsp3) is 0.0588. The van der Waals surface area contributed by atoms with Crippen molar-refractivity contribution in [1.82, 2.24) is 9.55 Å². The number of nitrogens with one attached hydrogen (secondary N) is 1. The number of imidazole rings is 1. The predicted octanol–water partition coefficient (Wildman–Crippen LogP) is 3.79. The van der Waals surface area contributed by atoms with Gasteiger partial charge in [-0.15, -0.1) is 0 Å². The van der Waals surface area contributed by atoms with Gasteiger partial charge in [0.25, 0.3) is 0 Å². The SMILES string of the molecule is Cc1nccn1-c1cccc(NC(=O)Oc2ccccc2)c1. The number of aromatic nitrogens is 2. The van der Waals surface area contributed by atoms with Gasteiger partial charge in [0.15, 0.2) is 0 Å². The Labute approximate surface area is 128 Å². The highest BCUT2D eigenvalue weighted by Gasteiger charge is 2.06. The fourth-order valence-electron chi connectivity index (χ4n) is 2.12. The van der Waals surface area contributed by atoms with Gasteiger partial charge in [0.1, 0.15) is 11.6 Å². The van der Waals surface area contributed by atoms with Crippen molar-refractivity contribution >= 4 is 11.8 Å². The lowest BCUT2D eigenvalue weighted by Gasteiger charge is -2.09. The van der Waals surface area contributed by atoms with Crippen LogP contribution in [0.3, 0.4) is 0 Å². The van der Waals surface area contributed by atoms with Crippen LogP contribution in [0.1, 0.15) is 5.82 Å². The monoisotopic (exact) mass is 293 g/mol. The molecule has 110 valence electrons. The van der Waals surface area contributed by atoms with Gasteiger partial charge in [-0.1, -0.05) is 24.3 Å². The van der Waals surface area contributed by atoms with Crippen LogP contribution in [0.15, 0.2) is 67.0 Å². The number of ether oxygens (including phenoxy) is 1. The highest BCUT2D eigenvalue weighted by atomic mass is 16.6. The number of anilines is 1. The molecule has 1 aromatic heterocycles. The van der Waals surface area contributed by atoms with Crippen molar-refractivity contribution in [2.75, 3.05) is 5.32 Å². The molecule has 0 saturated heterocycles. The number of rotatable bonds is 3. The Morgan fingerprint density at radius 2 is 1.95 bits per heavy atom. The van der Waals surface area contributed by atoms with Gasteiger partial charge < -0.3 is 9.30 Å². The third-order valence-corrected chi connectivity index (χ3v) is 3.15. The Bertz CT molecular complexity index is 781. The molecular formula is C17H15N3O2. The van der Waals surface area contributed by atoms with Gasteiger partial charge in [-0.25, -0.2) is 9.78 Å². The Kier molecular flexibility index (Phi) is 3.87. The first-order valence-corrected chi connectivity index (χ1v) is 6.86. The van der Waals surface area contributed by atoms with Crippen LogP contribution in [0.4, 0.5) is 10.5 Å². The number of hydrogen-bond donors (Lipinski definition) is 1. The summed E-state index contributed by atoms with van der Waals surface area (Å²) in [5, 5.41) is 2.72. The van der Waals surface area contributed by atoms with Gasteiger partial charge in [-0.2, -0.15) is 0 Å². The van der Waals surface area contributed by atoms with E-state index >= 15 is 0 Å². The third kappa shape index (κ3) is 3.15. The number of aryl methyl sites for hydroxylation is 1. The maximum atomic E-state index is 11.9. The van der Waals surface area contributed by atoms with Crippen LogP contribution in [-0.2, 0) is 0 Å². The van der Waals surface area contributed by atoms with E-state index in [2.05, 4.69) is 10.3 Å². The van der Waals surface area contributed by atoms with Crippen molar-refractivity contribution in [3.05, 3.63) is 72.8 Å². The first-order chi connectivity index (χ1) is 10.7. The summed E-state index contributed by atoms with van der Waals surface area (Å²) in [5.41, 5.74) is 1.58. The van der Waals surface area contributed by atoms with Gasteiger partial charge in [-0.3, -0.25) is 5.32 Å². The standard InChI is InChI=1S/C17H15N3O2/c1-13-18-10-11-20(13)15-7-5-6-14(12-15)19-17(21)22-16-8-3-2-4-9-16/h2-12H,1H3,(H,19,21). The molecule has 0 unspecified atom stereocenters. The molecule has 0 aliphatic rings. The molecule has 5 nitrogen and oxygen atoms in total. The van der Waals surface area contributed by atoms with Crippen LogP contribution in [0.5, 0.6) is 5.75 Å². The first-order valence-electron chi connectivity index (χ1n) is 6.86. The molecule has 2 aromatic carbocycles. The maximum Gasteiger partial charge on any atom is 0.417 e. The second-order valence-corrected chi connectivity index (χ2v) is 4.72. The highest BCUT2D eigenvalue weighted by Crippen LogP contribution is 2.17. The van der Waals surface area contributed by atoms with E-state index in [1.54, 1.807) is 18.3 Å². The van der Waals surface area contributed by atoms with Gasteiger partial charge in [0.2, 0.25) is 0 Å². The lowest BCUT2D eigenvalue weighted by molar-refractivity contribution is 0.215. The molecular weight excluding hydrogens is 278 g/mol. The molecule has 0 saturated carbocycles. The average Bonchev–Trinajstić information content (AvgIpc) is 2.94. The molecule has 0 aliphatic carbocycles. The second kappa shape index (κ2) is 6.13. The minimum absolute atomic E-state index is 0.501. The number of benzene rings is 2. The van der Waals surface area contributed by atoms with Crippen molar-refractivity contribution in [1.29, 1.82) is 0 Å². The van der Waals surface area contributed by atoms with Gasteiger partial charge in [0, 0.05) is 23.8 Å². The van der Waals surface area contributed by atoms with Crippen molar-refractivity contribution in [3.63, 3.8) is 0 Å². The third-order valence-electron chi connectivity index (χ3n) is 3.15. The first kappa shape index (κ1) is 13.9. The molecule has 0 atom stereocenters. The molecule has 1 N–H and O–H groups in total. The van der Waals surface area contributed by atoms with E-state index in [4.69, 9.17) is 4.74 Å². The van der Waals surface area contributed by atoms with Crippen LogP contribution >= 0.6 is 0 Å². The molecule has 5 heteroatoms. The topological polar surface area (TPSA) is 56.2 Å². The normalized spacial score (nSPS) is 10.2. The Morgan fingerprint density at radius 3 is 2.68 bits per heavy atom. The van der Waals surface area contributed by atoms with E-state index in [9.17, 15) is 4.79 Å². The van der Waals surface area contributed by atoms with Gasteiger partial charge in [-0.05, 0) is 37.3 Å². The highest BCUT2D eigenvalue weighted by molar-refractivity contribution is 5.86. The van der Waals surface area contributed by atoms with Crippen molar-refractivity contribution in [2.45, 2.75) is 6.92 Å². The Hall–Kier alpha value is -3.08. The smallest absolute Gasteiger partial charge is 0.410 e. The number of nitrogens with zero attached hydrogens (tertiary/aromatic N) is 2. The quantitative estimate of drug-likeness (QED) is 0.799. The Morgan fingerprint density at radius 1 is 1.14 bits per heavy atom. The van der Waals surface area contributed by atoms with E-state index < -0.39 is 6.09 Å². The summed E-state index contributed by atoms with van der Waals surface area (Å²) in [6.45, 7) is 1.92. The van der Waals surface area contributed by atoms with Crippen LogP contribution in [0, 0.1) is 6.92 Å². The van der Waals surface area contributed by atoms with Crippen LogP contribution in [0.2, 0.25) is 0 Å². The lowest BCUT2D eigenvalue weighted by Crippen LogP contribution is -2.16. The molecule has 0 aliphatic heterocycles. The molecule has 1 heterocycles. The lowest BCUT2D eigenvalue weighted by atomic mass is 10.2. The zero-order valence-corrected chi connectivity index (χ0v) is 12.1. The molecule has 0 radical (unpaired) electrons. The summed E-state index contributed by atoms with van der Waals surface area (Å²) in [4.78, 5) is 16.1. The molecule has 22 heavy (non-hydrogen) atoms. The number of carbonyl (C=O) groups is 1. The van der Waals surface area contributed by atoms with Crippen molar-refractivity contribution in [3.8, 4) is 11.4 Å². The summed E-state index contributed by atoms with van der Waals surface area (Å²) < 4.78 is 7.14. The zero-order valence-electron chi connectivity index (χ0n) is 12.1. The molecule has 0 bridgehead atoms. The zero-order chi connectivity index (χ0) is 15.4. The molecule has 1 amide bonds. The van der Waals surface area contributed by atoms with E-state index in [1.807, 2.05) is 60.2 Å². The Balaban J connectivity index is 1.73. The van der Waals surface area contributed by atoms with Crippen molar-refractivity contribution < 1.29 is 9.53 Å². The minimum atomic E-state index is -0.522. The molecule has 3 rings (SSSR count). The summed E-state index contributed by atoms with van der Waals surface area (Å²) >= 11 is 0. The predicted molar refractivity (Wildman–Crippen MR) is 84.4 cm³/mol. The van der Waals surface area contributed by atoms with E-state index in [-0.39, 0.29) is 0 Å². The second-order valence-electron chi connectivity index (χ2n) is 4.72. The summed E-state index contributed by atoms with van der Waals surface area (Å²) in [5.74, 6) is 1.38. The van der Waals surface area contributed by atoms with Gasteiger partial charge >= 0.3 is 6.09 Å². The average molecular weight is 293 g/mol. The number of amides is 1. The van der Waals surface area contributed by atoms with Crippen LogP contribution in [-0.4, -0.2) is 15.6 Å². The largest absolute Gasteiger partial charge is 0.417 e. The summed E-state index contributed by atoms with van der Waals surface area (Å²) in [6.07, 6.45) is 3.08. The number of carbonyl (C=O) groups excluding carboxylic acids is 1. The van der Waals surface area contributed by atoms with Gasteiger partial charge in [0.05, 0.1) is 0 Å². The summed E-state index contributed by atoms with van der Waals surface area (Å²) in [6, 6.07) is 16.4. The van der Waals surface area contributed by atoms with Crippen molar-refractivity contribution in [2.24, 2.45) is 0 Å². The minimum Gasteiger partial charge on any atom is -0.410 e. The van der Waals surface area contributed by atoms with Crippen LogP contribution < -0.4 is 10.1 Å². The number of hydrogen-bond acceptors (Lipinski definition) is 3. The van der Waals surface area contributed by atoms with E-state index in [0.717, 1.165) is 11.5 Å². The molecule has 0 fully saturated rings. The number of para-hydroxylation sites is 1. The van der Waals surface area contributed by atoms with E-state index in [1.165, 1.54) is 0 Å². The molecule has 0 spiro atoms. The summed E-state index contributed by atoms with van der Waals surface area (Å²) in [7, 11) is 0. The maximum absolute atomic E-state index is 11.9. The van der Waals surface area contributed by atoms with E-state index in [0.29, 0.717) is 11.4 Å².